The summed E-state index contributed by atoms with van der Waals surface area (Å²) in [5.74, 6) is 0.581. The fourth-order valence-corrected chi connectivity index (χ4v) is 7.56. The standard InChI is InChI=1S/C22H24O4S2/c1-17-8-12-22(13-9-17)28(24,25)26-27(3,21-14-10-20(23)11-15-21)16-19-7-5-4-6-18(19)2/h4-15,23H,16H2,1-3H3. The summed E-state index contributed by atoms with van der Waals surface area (Å²) in [6, 6.07) is 21.1. The van der Waals surface area contributed by atoms with Crippen molar-refractivity contribution in [1.29, 1.82) is 0 Å². The maximum Gasteiger partial charge on any atom is 0.306 e. The third kappa shape index (κ3) is 4.58. The Labute approximate surface area is 168 Å². The molecule has 3 aromatic carbocycles. The van der Waals surface area contributed by atoms with Gasteiger partial charge in [-0.15, -0.1) is 0 Å². The number of aromatic hydroxyl groups is 1. The van der Waals surface area contributed by atoms with Gasteiger partial charge in [-0.2, -0.15) is 8.42 Å². The van der Waals surface area contributed by atoms with E-state index in [-0.39, 0.29) is 10.6 Å². The molecule has 0 aromatic heterocycles. The van der Waals surface area contributed by atoms with Crippen molar-refractivity contribution < 1.29 is 17.2 Å². The van der Waals surface area contributed by atoms with Crippen LogP contribution in [0.25, 0.3) is 0 Å². The summed E-state index contributed by atoms with van der Waals surface area (Å²) in [6.07, 6.45) is 1.84. The van der Waals surface area contributed by atoms with Crippen molar-refractivity contribution in [3.05, 3.63) is 89.5 Å². The molecule has 0 aliphatic heterocycles. The average molecular weight is 417 g/mol. The second-order valence-electron chi connectivity index (χ2n) is 6.90. The molecule has 0 spiro atoms. The van der Waals surface area contributed by atoms with Crippen LogP contribution in [0.15, 0.2) is 82.6 Å². The summed E-state index contributed by atoms with van der Waals surface area (Å²) in [6.45, 7) is 3.90. The molecule has 0 aliphatic carbocycles. The highest BCUT2D eigenvalue weighted by molar-refractivity contribution is 8.32. The molecule has 0 bridgehead atoms. The lowest BCUT2D eigenvalue weighted by atomic mass is 10.1. The third-order valence-electron chi connectivity index (χ3n) is 4.58. The monoisotopic (exact) mass is 416 g/mol. The summed E-state index contributed by atoms with van der Waals surface area (Å²) < 4.78 is 32.0. The lowest BCUT2D eigenvalue weighted by molar-refractivity contribution is 0.475. The lowest BCUT2D eigenvalue weighted by Gasteiger charge is -2.35. The van der Waals surface area contributed by atoms with Crippen LogP contribution in [0.5, 0.6) is 5.75 Å². The van der Waals surface area contributed by atoms with Gasteiger partial charge in [0.1, 0.15) is 5.75 Å². The summed E-state index contributed by atoms with van der Waals surface area (Å²) in [5.41, 5.74) is 3.09. The molecular weight excluding hydrogens is 392 g/mol. The van der Waals surface area contributed by atoms with Gasteiger partial charge in [-0.3, -0.25) is 0 Å². The number of benzene rings is 3. The van der Waals surface area contributed by atoms with Crippen molar-refractivity contribution in [3.63, 3.8) is 0 Å². The zero-order valence-electron chi connectivity index (χ0n) is 16.1. The van der Waals surface area contributed by atoms with E-state index in [2.05, 4.69) is 0 Å². The number of phenolic OH excluding ortho intramolecular Hbond substituents is 1. The lowest BCUT2D eigenvalue weighted by Crippen LogP contribution is -2.14. The minimum absolute atomic E-state index is 0.128. The van der Waals surface area contributed by atoms with Crippen molar-refractivity contribution in [2.75, 3.05) is 6.26 Å². The van der Waals surface area contributed by atoms with Gasteiger partial charge in [-0.25, -0.2) is 3.63 Å². The van der Waals surface area contributed by atoms with E-state index in [1.165, 1.54) is 0 Å². The predicted molar refractivity (Wildman–Crippen MR) is 114 cm³/mol. The van der Waals surface area contributed by atoms with Crippen LogP contribution in [-0.4, -0.2) is 19.8 Å². The third-order valence-corrected chi connectivity index (χ3v) is 9.48. The summed E-state index contributed by atoms with van der Waals surface area (Å²) >= 11 is 0. The van der Waals surface area contributed by atoms with Crippen molar-refractivity contribution in [3.8, 4) is 5.75 Å². The van der Waals surface area contributed by atoms with Gasteiger partial charge in [0, 0.05) is 10.6 Å². The fraction of sp³-hybridized carbons (Fsp3) is 0.182. The van der Waals surface area contributed by atoms with Crippen LogP contribution in [0.2, 0.25) is 0 Å². The van der Waals surface area contributed by atoms with Gasteiger partial charge < -0.3 is 5.11 Å². The first-order valence-corrected chi connectivity index (χ1v) is 12.4. The van der Waals surface area contributed by atoms with Crippen LogP contribution in [0.4, 0.5) is 0 Å². The quantitative estimate of drug-likeness (QED) is 0.590. The van der Waals surface area contributed by atoms with E-state index in [1.54, 1.807) is 48.5 Å². The van der Waals surface area contributed by atoms with Crippen molar-refractivity contribution in [2.45, 2.75) is 29.4 Å². The SMILES string of the molecule is Cc1ccc(S(=O)(=O)OS(C)(Cc2ccccc2C)c2ccc(O)cc2)cc1. The highest BCUT2D eigenvalue weighted by Crippen LogP contribution is 2.58. The maximum absolute atomic E-state index is 13.0. The second-order valence-corrected chi connectivity index (χ2v) is 11.6. The Morgan fingerprint density at radius 2 is 1.39 bits per heavy atom. The first kappa shape index (κ1) is 20.5. The Kier molecular flexibility index (Phi) is 5.84. The topological polar surface area (TPSA) is 63.6 Å². The molecule has 1 unspecified atom stereocenters. The number of phenols is 1. The van der Waals surface area contributed by atoms with E-state index < -0.39 is 20.4 Å². The van der Waals surface area contributed by atoms with Crippen molar-refractivity contribution in [2.24, 2.45) is 0 Å². The van der Waals surface area contributed by atoms with E-state index >= 15 is 0 Å². The zero-order chi connectivity index (χ0) is 20.4. The van der Waals surface area contributed by atoms with Crippen molar-refractivity contribution in [1.82, 2.24) is 0 Å². The summed E-state index contributed by atoms with van der Waals surface area (Å²) in [5, 5.41) is 9.64. The molecule has 0 saturated carbocycles. The number of hydrogen-bond donors (Lipinski definition) is 1. The molecule has 0 saturated heterocycles. The Morgan fingerprint density at radius 1 is 0.821 bits per heavy atom. The first-order chi connectivity index (χ1) is 13.2. The molecule has 0 aliphatic rings. The van der Waals surface area contributed by atoms with E-state index in [4.69, 9.17) is 3.63 Å². The molecule has 3 aromatic rings. The Hall–Kier alpha value is -2.28. The maximum atomic E-state index is 13.0. The molecule has 0 heterocycles. The minimum Gasteiger partial charge on any atom is -0.508 e. The van der Waals surface area contributed by atoms with Crippen LogP contribution >= 0.6 is 10.3 Å². The largest absolute Gasteiger partial charge is 0.508 e. The average Bonchev–Trinajstić information content (AvgIpc) is 2.64. The molecule has 1 N–H and O–H groups in total. The van der Waals surface area contributed by atoms with Crippen LogP contribution < -0.4 is 0 Å². The predicted octanol–water partition coefficient (Wildman–Crippen LogP) is 5.32. The van der Waals surface area contributed by atoms with Gasteiger partial charge in [-0.1, -0.05) is 52.3 Å². The van der Waals surface area contributed by atoms with E-state index in [0.29, 0.717) is 5.75 Å². The molecule has 0 amide bonds. The van der Waals surface area contributed by atoms with Crippen LogP contribution in [0.3, 0.4) is 0 Å². The van der Waals surface area contributed by atoms with Crippen LogP contribution in [0, 0.1) is 13.8 Å². The van der Waals surface area contributed by atoms with E-state index in [0.717, 1.165) is 21.6 Å². The second kappa shape index (κ2) is 7.99. The van der Waals surface area contributed by atoms with Gasteiger partial charge in [0.25, 0.3) is 0 Å². The van der Waals surface area contributed by atoms with Crippen LogP contribution in [-0.2, 0) is 19.5 Å². The molecule has 4 nitrogen and oxygen atoms in total. The number of aryl methyl sites for hydroxylation is 2. The number of hydrogen-bond acceptors (Lipinski definition) is 4. The number of rotatable bonds is 6. The molecule has 28 heavy (non-hydrogen) atoms. The van der Waals surface area contributed by atoms with Crippen LogP contribution in [0.1, 0.15) is 16.7 Å². The van der Waals surface area contributed by atoms with E-state index in [9.17, 15) is 13.5 Å². The smallest absolute Gasteiger partial charge is 0.306 e. The molecule has 3 rings (SSSR count). The van der Waals surface area contributed by atoms with Gasteiger partial charge >= 0.3 is 10.1 Å². The summed E-state index contributed by atoms with van der Waals surface area (Å²) in [4.78, 5) is 0.893. The first-order valence-electron chi connectivity index (χ1n) is 8.82. The molecule has 0 fully saturated rings. The molecule has 0 radical (unpaired) electrons. The molecule has 6 heteroatoms. The molecular formula is C22H24O4S2. The highest BCUT2D eigenvalue weighted by atomic mass is 32.3. The molecule has 1 atom stereocenters. The highest BCUT2D eigenvalue weighted by Gasteiger charge is 2.31. The van der Waals surface area contributed by atoms with Gasteiger partial charge in [0.15, 0.2) is 0 Å². The Balaban J connectivity index is 2.04. The van der Waals surface area contributed by atoms with Gasteiger partial charge in [0.2, 0.25) is 0 Å². The zero-order valence-corrected chi connectivity index (χ0v) is 17.8. The Morgan fingerprint density at radius 3 is 2.00 bits per heavy atom. The van der Waals surface area contributed by atoms with Crippen molar-refractivity contribution >= 4 is 20.4 Å². The normalized spacial score (nSPS) is 15.0. The Bertz CT molecular complexity index is 1060. The van der Waals surface area contributed by atoms with E-state index in [1.807, 2.05) is 44.4 Å². The van der Waals surface area contributed by atoms with Gasteiger partial charge in [0.05, 0.1) is 4.90 Å². The fourth-order valence-electron chi connectivity index (χ4n) is 2.89. The summed E-state index contributed by atoms with van der Waals surface area (Å²) in [7, 11) is -6.18. The minimum atomic E-state index is -3.95. The van der Waals surface area contributed by atoms with Gasteiger partial charge in [-0.05, 0) is 67.6 Å². The molecule has 148 valence electrons.